The molecule has 1 heterocycles. The third kappa shape index (κ3) is 2.71. The lowest BCUT2D eigenvalue weighted by molar-refractivity contribution is 0.171. The molecule has 5 heteroatoms. The van der Waals surface area contributed by atoms with Gasteiger partial charge >= 0.3 is 0 Å². The molecule has 106 valence electrons. The maximum Gasteiger partial charge on any atom is 0.161 e. The highest BCUT2D eigenvalue weighted by molar-refractivity contribution is 5.85. The Kier molecular flexibility index (Phi) is 4.47. The largest absolute Gasteiger partial charge is 0.486 e. The highest BCUT2D eigenvalue weighted by Crippen LogP contribution is 2.35. The molecule has 0 aromatic heterocycles. The number of rotatable bonds is 2. The molecule has 2 aromatic carbocycles. The van der Waals surface area contributed by atoms with Crippen molar-refractivity contribution in [2.45, 2.75) is 6.54 Å². The first-order valence-electron chi connectivity index (χ1n) is 6.16. The van der Waals surface area contributed by atoms with Crippen molar-refractivity contribution in [2.24, 2.45) is 5.73 Å². The normalized spacial score (nSPS) is 12.7. The molecule has 0 saturated carbocycles. The summed E-state index contributed by atoms with van der Waals surface area (Å²) in [4.78, 5) is 0. The van der Waals surface area contributed by atoms with Gasteiger partial charge < -0.3 is 15.2 Å². The van der Waals surface area contributed by atoms with Gasteiger partial charge in [-0.3, -0.25) is 0 Å². The van der Waals surface area contributed by atoms with Gasteiger partial charge in [-0.25, -0.2) is 4.39 Å². The second-order valence-corrected chi connectivity index (χ2v) is 4.38. The molecule has 0 fully saturated rings. The number of nitrogens with two attached hydrogens (primary N) is 1. The molecule has 2 N–H and O–H groups in total. The monoisotopic (exact) mass is 295 g/mol. The summed E-state index contributed by atoms with van der Waals surface area (Å²) in [7, 11) is 0. The van der Waals surface area contributed by atoms with Crippen LogP contribution in [-0.4, -0.2) is 13.2 Å². The van der Waals surface area contributed by atoms with Crippen molar-refractivity contribution in [1.29, 1.82) is 0 Å². The smallest absolute Gasteiger partial charge is 0.161 e. The summed E-state index contributed by atoms with van der Waals surface area (Å²) in [6.45, 7) is 1.45. The van der Waals surface area contributed by atoms with Crippen molar-refractivity contribution in [3.63, 3.8) is 0 Å². The summed E-state index contributed by atoms with van der Waals surface area (Å²) >= 11 is 0. The topological polar surface area (TPSA) is 44.5 Å². The van der Waals surface area contributed by atoms with Gasteiger partial charge in [-0.1, -0.05) is 12.1 Å². The predicted octanol–water partition coefficient (Wildman–Crippen LogP) is 3.14. The van der Waals surface area contributed by atoms with Crippen molar-refractivity contribution in [2.75, 3.05) is 13.2 Å². The van der Waals surface area contributed by atoms with E-state index in [0.717, 1.165) is 11.1 Å². The number of hydrogen-bond donors (Lipinski definition) is 1. The van der Waals surface area contributed by atoms with E-state index in [0.29, 0.717) is 36.8 Å². The lowest BCUT2D eigenvalue weighted by atomic mass is 10.0. The molecule has 0 bridgehead atoms. The number of halogens is 2. The van der Waals surface area contributed by atoms with Gasteiger partial charge in [0.15, 0.2) is 11.5 Å². The van der Waals surface area contributed by atoms with Gasteiger partial charge in [-0.15, -0.1) is 12.4 Å². The first-order chi connectivity index (χ1) is 9.28. The summed E-state index contributed by atoms with van der Waals surface area (Å²) in [6, 6.07) is 10.3. The maximum atomic E-state index is 13.9. The van der Waals surface area contributed by atoms with E-state index in [4.69, 9.17) is 15.2 Å². The Labute approximate surface area is 122 Å². The van der Waals surface area contributed by atoms with Crippen molar-refractivity contribution < 1.29 is 13.9 Å². The molecule has 0 spiro atoms. The zero-order chi connectivity index (χ0) is 13.2. The van der Waals surface area contributed by atoms with E-state index >= 15 is 0 Å². The van der Waals surface area contributed by atoms with E-state index in [2.05, 4.69) is 0 Å². The summed E-state index contributed by atoms with van der Waals surface area (Å²) < 4.78 is 24.9. The van der Waals surface area contributed by atoms with Gasteiger partial charge in [-0.05, 0) is 35.4 Å². The van der Waals surface area contributed by atoms with Crippen LogP contribution in [0.3, 0.4) is 0 Å². The highest BCUT2D eigenvalue weighted by Gasteiger charge is 2.14. The van der Waals surface area contributed by atoms with E-state index in [-0.39, 0.29) is 18.2 Å². The third-order valence-electron chi connectivity index (χ3n) is 3.12. The predicted molar refractivity (Wildman–Crippen MR) is 78.0 cm³/mol. The fourth-order valence-corrected chi connectivity index (χ4v) is 2.13. The van der Waals surface area contributed by atoms with E-state index in [9.17, 15) is 4.39 Å². The van der Waals surface area contributed by atoms with E-state index in [1.54, 1.807) is 24.3 Å². The van der Waals surface area contributed by atoms with Crippen LogP contribution >= 0.6 is 12.4 Å². The zero-order valence-corrected chi connectivity index (χ0v) is 11.6. The molecule has 3 rings (SSSR count). The molecule has 0 aliphatic carbocycles. The lowest BCUT2D eigenvalue weighted by Gasteiger charge is -2.19. The third-order valence-corrected chi connectivity index (χ3v) is 3.12. The van der Waals surface area contributed by atoms with Crippen LogP contribution in [0, 0.1) is 5.82 Å². The molecular weight excluding hydrogens is 281 g/mol. The number of ether oxygens (including phenoxy) is 2. The molecule has 0 saturated heterocycles. The SMILES string of the molecule is Cl.NCc1ccc(F)c(-c2ccc3c(c2)OCCO3)c1. The fourth-order valence-electron chi connectivity index (χ4n) is 2.13. The maximum absolute atomic E-state index is 13.9. The van der Waals surface area contributed by atoms with Crippen LogP contribution in [0.5, 0.6) is 11.5 Å². The number of fused-ring (bicyclic) bond motifs is 1. The molecule has 0 atom stereocenters. The van der Waals surface area contributed by atoms with Crippen molar-refractivity contribution in [3.05, 3.63) is 47.8 Å². The minimum absolute atomic E-state index is 0. The second-order valence-electron chi connectivity index (χ2n) is 4.38. The minimum Gasteiger partial charge on any atom is -0.486 e. The van der Waals surface area contributed by atoms with Crippen LogP contribution in [0.4, 0.5) is 4.39 Å². The van der Waals surface area contributed by atoms with Gasteiger partial charge in [0.25, 0.3) is 0 Å². The van der Waals surface area contributed by atoms with Crippen molar-refractivity contribution in [3.8, 4) is 22.6 Å². The Morgan fingerprint density at radius 2 is 1.75 bits per heavy atom. The Bertz CT molecular complexity index is 619. The van der Waals surface area contributed by atoms with Crippen LogP contribution < -0.4 is 15.2 Å². The molecule has 0 radical (unpaired) electrons. The first-order valence-corrected chi connectivity index (χ1v) is 6.16. The number of benzene rings is 2. The molecule has 20 heavy (non-hydrogen) atoms. The van der Waals surface area contributed by atoms with Crippen LogP contribution in [0.2, 0.25) is 0 Å². The molecule has 1 aliphatic heterocycles. The van der Waals surface area contributed by atoms with Gasteiger partial charge in [0.05, 0.1) is 0 Å². The van der Waals surface area contributed by atoms with Crippen LogP contribution in [0.1, 0.15) is 5.56 Å². The van der Waals surface area contributed by atoms with E-state index in [1.807, 2.05) is 6.07 Å². The molecule has 1 aliphatic rings. The van der Waals surface area contributed by atoms with E-state index in [1.165, 1.54) is 6.07 Å². The minimum atomic E-state index is -0.270. The molecule has 2 aromatic rings. The standard InChI is InChI=1S/C15H14FNO2.ClH/c16-13-3-1-10(9-17)7-12(13)11-2-4-14-15(8-11)19-6-5-18-14;/h1-4,7-8H,5-6,9,17H2;1H. The van der Waals surface area contributed by atoms with Gasteiger partial charge in [0.1, 0.15) is 19.0 Å². The van der Waals surface area contributed by atoms with Crippen molar-refractivity contribution in [1.82, 2.24) is 0 Å². The molecule has 0 amide bonds. The van der Waals surface area contributed by atoms with Gasteiger partial charge in [0.2, 0.25) is 0 Å². The summed E-state index contributed by atoms with van der Waals surface area (Å²) in [5.41, 5.74) is 7.77. The number of hydrogen-bond acceptors (Lipinski definition) is 3. The van der Waals surface area contributed by atoms with Gasteiger partial charge in [-0.2, -0.15) is 0 Å². The van der Waals surface area contributed by atoms with Crippen LogP contribution in [0.25, 0.3) is 11.1 Å². The summed E-state index contributed by atoms with van der Waals surface area (Å²) in [5, 5.41) is 0. The molecule has 3 nitrogen and oxygen atoms in total. The average Bonchev–Trinajstić information content (AvgIpc) is 2.47. The van der Waals surface area contributed by atoms with Gasteiger partial charge in [0, 0.05) is 12.1 Å². The Balaban J connectivity index is 0.00000147. The summed E-state index contributed by atoms with van der Waals surface area (Å²) in [6.07, 6.45) is 0. The van der Waals surface area contributed by atoms with E-state index < -0.39 is 0 Å². The average molecular weight is 296 g/mol. The Morgan fingerprint density at radius 1 is 1.00 bits per heavy atom. The Morgan fingerprint density at radius 3 is 2.50 bits per heavy atom. The second kappa shape index (κ2) is 6.11. The van der Waals surface area contributed by atoms with Crippen LogP contribution in [0.15, 0.2) is 36.4 Å². The summed E-state index contributed by atoms with van der Waals surface area (Å²) in [5.74, 6) is 1.08. The molecule has 0 unspecified atom stereocenters. The fraction of sp³-hybridized carbons (Fsp3) is 0.200. The first kappa shape index (κ1) is 14.6. The van der Waals surface area contributed by atoms with Crippen molar-refractivity contribution >= 4 is 12.4 Å². The zero-order valence-electron chi connectivity index (χ0n) is 10.8. The lowest BCUT2D eigenvalue weighted by Crippen LogP contribution is -2.15. The Hall–Kier alpha value is -1.78. The highest BCUT2D eigenvalue weighted by atomic mass is 35.5. The van der Waals surface area contributed by atoms with Crippen LogP contribution in [-0.2, 0) is 6.54 Å². The molecular formula is C15H15ClFNO2. The quantitative estimate of drug-likeness (QED) is 0.925.